The van der Waals surface area contributed by atoms with Gasteiger partial charge in [-0.2, -0.15) is 0 Å². The van der Waals surface area contributed by atoms with Gasteiger partial charge in [-0.1, -0.05) is 36.7 Å². The molecule has 0 heterocycles. The first-order valence-electron chi connectivity index (χ1n) is 6.25. The Morgan fingerprint density at radius 2 is 1.72 bits per heavy atom. The first kappa shape index (κ1) is 15.7. The summed E-state index contributed by atoms with van der Waals surface area (Å²) >= 11 is 6.82. The quantitative estimate of drug-likeness (QED) is 0.776. The minimum Gasteiger partial charge on any atom is -0.347 e. The van der Waals surface area contributed by atoms with Crippen LogP contribution < -0.4 is 5.32 Å². The average Bonchev–Trinajstić information content (AvgIpc) is 2.38. The van der Waals surface area contributed by atoms with Crippen LogP contribution in [0.15, 0.2) is 27.1 Å². The van der Waals surface area contributed by atoms with Crippen molar-refractivity contribution >= 4 is 37.8 Å². The summed E-state index contributed by atoms with van der Waals surface area (Å²) in [4.78, 5) is 12.3. The molecule has 100 valence electrons. The fourth-order valence-electron chi connectivity index (χ4n) is 1.99. The predicted octanol–water partition coefficient (Wildman–Crippen LogP) is 4.91. The van der Waals surface area contributed by atoms with Crippen LogP contribution in [0.2, 0.25) is 0 Å². The van der Waals surface area contributed by atoms with E-state index >= 15 is 0 Å². The van der Waals surface area contributed by atoms with Crippen molar-refractivity contribution in [2.45, 2.75) is 45.6 Å². The summed E-state index contributed by atoms with van der Waals surface area (Å²) in [7, 11) is 0. The highest BCUT2D eigenvalue weighted by Gasteiger charge is 2.26. The van der Waals surface area contributed by atoms with Gasteiger partial charge in [0.05, 0.1) is 5.56 Å². The molecule has 2 nitrogen and oxygen atoms in total. The number of benzene rings is 1. The zero-order chi connectivity index (χ0) is 13.8. The lowest BCUT2D eigenvalue weighted by Gasteiger charge is -2.32. The van der Waals surface area contributed by atoms with E-state index in [1.165, 1.54) is 0 Å². The van der Waals surface area contributed by atoms with Gasteiger partial charge in [-0.3, -0.25) is 4.79 Å². The Labute approximate surface area is 126 Å². The number of nitrogens with one attached hydrogen (secondary N) is 1. The number of carbonyl (C=O) groups excluding carboxylic acids is 1. The molecule has 0 aliphatic heterocycles. The first-order chi connectivity index (χ1) is 8.48. The lowest BCUT2D eigenvalue weighted by molar-refractivity contribution is 0.0887. The van der Waals surface area contributed by atoms with Gasteiger partial charge in [-0.15, -0.1) is 0 Å². The van der Waals surface area contributed by atoms with Crippen molar-refractivity contribution in [3.8, 4) is 0 Å². The van der Waals surface area contributed by atoms with E-state index in [1.807, 2.05) is 18.2 Å². The van der Waals surface area contributed by atoms with E-state index in [2.05, 4.69) is 57.9 Å². The number of amides is 1. The van der Waals surface area contributed by atoms with Gasteiger partial charge in [-0.05, 0) is 53.4 Å². The lowest BCUT2D eigenvalue weighted by atomic mass is 9.89. The molecule has 0 aromatic heterocycles. The molecule has 18 heavy (non-hydrogen) atoms. The van der Waals surface area contributed by atoms with Crippen LogP contribution in [0.4, 0.5) is 0 Å². The van der Waals surface area contributed by atoms with E-state index < -0.39 is 0 Å². The van der Waals surface area contributed by atoms with Crippen LogP contribution in [0.25, 0.3) is 0 Å². The van der Waals surface area contributed by atoms with Crippen molar-refractivity contribution in [3.05, 3.63) is 32.7 Å². The normalized spacial score (nSPS) is 11.4. The molecule has 0 fully saturated rings. The summed E-state index contributed by atoms with van der Waals surface area (Å²) in [6, 6.07) is 5.63. The fourth-order valence-corrected chi connectivity index (χ4v) is 2.78. The SMILES string of the molecule is CCC(CC)(CC)NC(=O)c1cc(Br)ccc1Br. The number of carbonyl (C=O) groups is 1. The largest absolute Gasteiger partial charge is 0.347 e. The maximum absolute atomic E-state index is 12.3. The molecule has 0 saturated carbocycles. The molecule has 0 bridgehead atoms. The highest BCUT2D eigenvalue weighted by atomic mass is 79.9. The van der Waals surface area contributed by atoms with Crippen LogP contribution >= 0.6 is 31.9 Å². The molecular formula is C14H19Br2NO. The van der Waals surface area contributed by atoms with Crippen molar-refractivity contribution in [1.29, 1.82) is 0 Å². The lowest BCUT2D eigenvalue weighted by Crippen LogP contribution is -2.47. The molecule has 0 radical (unpaired) electrons. The van der Waals surface area contributed by atoms with Gasteiger partial charge in [-0.25, -0.2) is 0 Å². The minimum absolute atomic E-state index is 0.0197. The Balaban J connectivity index is 2.97. The highest BCUT2D eigenvalue weighted by Crippen LogP contribution is 2.24. The van der Waals surface area contributed by atoms with Crippen molar-refractivity contribution in [3.63, 3.8) is 0 Å². The monoisotopic (exact) mass is 375 g/mol. The summed E-state index contributed by atoms with van der Waals surface area (Å²) < 4.78 is 1.73. The molecule has 0 saturated heterocycles. The van der Waals surface area contributed by atoms with Crippen LogP contribution in [0.1, 0.15) is 50.4 Å². The third-order valence-corrected chi connectivity index (χ3v) is 4.77. The smallest absolute Gasteiger partial charge is 0.252 e. The molecule has 1 aromatic carbocycles. The van der Waals surface area contributed by atoms with Gasteiger partial charge >= 0.3 is 0 Å². The van der Waals surface area contributed by atoms with Crippen LogP contribution in [-0.4, -0.2) is 11.4 Å². The van der Waals surface area contributed by atoms with Crippen molar-refractivity contribution < 1.29 is 4.79 Å². The third-order valence-electron chi connectivity index (χ3n) is 3.58. The zero-order valence-corrected chi connectivity index (χ0v) is 14.2. The van der Waals surface area contributed by atoms with Crippen LogP contribution in [-0.2, 0) is 0 Å². The van der Waals surface area contributed by atoms with Gasteiger partial charge < -0.3 is 5.32 Å². The second-order valence-corrected chi connectivity index (χ2v) is 6.19. The topological polar surface area (TPSA) is 29.1 Å². The maximum atomic E-state index is 12.3. The number of hydrogen-bond acceptors (Lipinski definition) is 1. The molecule has 1 aromatic rings. The molecule has 0 unspecified atom stereocenters. The third kappa shape index (κ3) is 3.58. The zero-order valence-electron chi connectivity index (χ0n) is 11.0. The van der Waals surface area contributed by atoms with Crippen LogP contribution in [0.3, 0.4) is 0 Å². The Bertz CT molecular complexity index is 420. The summed E-state index contributed by atoms with van der Waals surface area (Å²) in [5, 5.41) is 3.17. The maximum Gasteiger partial charge on any atom is 0.252 e. The summed E-state index contributed by atoms with van der Waals surface area (Å²) in [6.07, 6.45) is 2.83. The molecule has 1 amide bonds. The average molecular weight is 377 g/mol. The molecule has 1 N–H and O–H groups in total. The van der Waals surface area contributed by atoms with Crippen molar-refractivity contribution in [2.24, 2.45) is 0 Å². The van der Waals surface area contributed by atoms with Gasteiger partial charge in [0.1, 0.15) is 0 Å². The van der Waals surface area contributed by atoms with Gasteiger partial charge in [0.15, 0.2) is 0 Å². The van der Waals surface area contributed by atoms with E-state index in [-0.39, 0.29) is 11.4 Å². The fraction of sp³-hybridized carbons (Fsp3) is 0.500. The summed E-state index contributed by atoms with van der Waals surface area (Å²) in [5.41, 5.74) is 0.572. The highest BCUT2D eigenvalue weighted by molar-refractivity contribution is 9.11. The Morgan fingerprint density at radius 1 is 1.17 bits per heavy atom. The molecular weight excluding hydrogens is 358 g/mol. The Kier molecular flexibility index (Phi) is 5.86. The molecule has 4 heteroatoms. The van der Waals surface area contributed by atoms with Crippen LogP contribution in [0, 0.1) is 0 Å². The number of rotatable bonds is 5. The molecule has 0 aliphatic carbocycles. The molecule has 0 aliphatic rings. The van der Waals surface area contributed by atoms with E-state index in [0.717, 1.165) is 28.2 Å². The van der Waals surface area contributed by atoms with Crippen molar-refractivity contribution in [2.75, 3.05) is 0 Å². The number of hydrogen-bond donors (Lipinski definition) is 1. The second-order valence-electron chi connectivity index (χ2n) is 4.42. The Morgan fingerprint density at radius 3 is 2.22 bits per heavy atom. The van der Waals surface area contributed by atoms with Crippen LogP contribution in [0.5, 0.6) is 0 Å². The molecule has 1 rings (SSSR count). The van der Waals surface area contributed by atoms with E-state index in [1.54, 1.807) is 0 Å². The molecule has 0 atom stereocenters. The Hall–Kier alpha value is -0.350. The first-order valence-corrected chi connectivity index (χ1v) is 7.84. The summed E-state index contributed by atoms with van der Waals surface area (Å²) in [5.74, 6) is -0.0197. The van der Waals surface area contributed by atoms with Crippen molar-refractivity contribution in [1.82, 2.24) is 5.32 Å². The van der Waals surface area contributed by atoms with E-state index in [0.29, 0.717) is 5.56 Å². The minimum atomic E-state index is -0.0984. The molecule has 0 spiro atoms. The predicted molar refractivity (Wildman–Crippen MR) is 82.9 cm³/mol. The van der Waals surface area contributed by atoms with Gasteiger partial charge in [0, 0.05) is 14.5 Å². The number of halogens is 2. The standard InChI is InChI=1S/C14H19Br2NO/c1-4-14(5-2,6-3)17-13(18)11-9-10(15)7-8-12(11)16/h7-9H,4-6H2,1-3H3,(H,17,18). The van der Waals surface area contributed by atoms with Gasteiger partial charge in [0.2, 0.25) is 0 Å². The van der Waals surface area contributed by atoms with Gasteiger partial charge in [0.25, 0.3) is 5.91 Å². The van der Waals surface area contributed by atoms with E-state index in [9.17, 15) is 4.79 Å². The second kappa shape index (κ2) is 6.71. The summed E-state index contributed by atoms with van der Waals surface area (Å²) in [6.45, 7) is 6.34. The van der Waals surface area contributed by atoms with E-state index in [4.69, 9.17) is 0 Å².